The summed E-state index contributed by atoms with van der Waals surface area (Å²) in [5.74, 6) is 0. The minimum atomic E-state index is -2.47. The zero-order valence-corrected chi connectivity index (χ0v) is 24.5. The van der Waals surface area contributed by atoms with Crippen molar-refractivity contribution in [2.24, 2.45) is 0 Å². The fraction of sp³-hybridized carbons (Fsp3) is 1.00. The summed E-state index contributed by atoms with van der Waals surface area (Å²) in [6, 6.07) is 0. The third kappa shape index (κ3) is 5.22. The Hall–Kier alpha value is 0.194. The molecule has 0 bridgehead atoms. The Morgan fingerprint density at radius 3 is 0.750 bits per heavy atom. The topological polar surface area (TPSA) is 99.4 Å². The maximum atomic E-state index is 11.1. The van der Waals surface area contributed by atoms with Gasteiger partial charge in [-0.05, 0) is 33.2 Å². The summed E-state index contributed by atoms with van der Waals surface area (Å²) in [6.45, 7) is 25.9. The van der Waals surface area contributed by atoms with E-state index >= 15 is 0 Å². The van der Waals surface area contributed by atoms with Crippen LogP contribution in [0.15, 0.2) is 0 Å². The third-order valence-corrected chi connectivity index (χ3v) is 20.3. The summed E-state index contributed by atoms with van der Waals surface area (Å²) in [5, 5.41) is 43.4. The van der Waals surface area contributed by atoms with Crippen molar-refractivity contribution in [3.05, 3.63) is 0 Å². The zero-order valence-electron chi connectivity index (χ0n) is 22.5. The molecule has 8 heteroatoms. The van der Waals surface area contributed by atoms with Crippen molar-refractivity contribution in [2.75, 3.05) is 0 Å². The lowest BCUT2D eigenvalue weighted by Gasteiger charge is -2.54. The molecule has 6 nitrogen and oxygen atoms in total. The molecule has 0 amide bonds. The van der Waals surface area contributed by atoms with Crippen LogP contribution >= 0.6 is 0 Å². The summed E-state index contributed by atoms with van der Waals surface area (Å²) in [5.41, 5.74) is 1.58. The second-order valence-corrected chi connectivity index (χ2v) is 22.6. The molecule has 32 heavy (non-hydrogen) atoms. The lowest BCUT2D eigenvalue weighted by molar-refractivity contribution is -0.216. The van der Waals surface area contributed by atoms with E-state index in [0.717, 1.165) is 0 Å². The van der Waals surface area contributed by atoms with E-state index in [1.165, 1.54) is 0 Å². The van der Waals surface area contributed by atoms with Crippen LogP contribution in [0.3, 0.4) is 0 Å². The molecule has 6 atom stereocenters. The minimum Gasteiger partial charge on any atom is -0.408 e. The minimum absolute atomic E-state index is 0.263. The molecule has 1 aliphatic carbocycles. The van der Waals surface area contributed by atoms with Gasteiger partial charge in [0.1, 0.15) is 36.6 Å². The second-order valence-electron chi connectivity index (χ2n) is 11.8. The smallest absolute Gasteiger partial charge is 0.201 e. The molecule has 0 heterocycles. The summed E-state index contributed by atoms with van der Waals surface area (Å²) in [7, 11) is -4.93. The average Bonchev–Trinajstić information content (AvgIpc) is 2.65. The lowest BCUT2D eigenvalue weighted by Crippen LogP contribution is -2.70. The van der Waals surface area contributed by atoms with Gasteiger partial charge >= 0.3 is 0 Å². The number of hydrogen-bond donors (Lipinski definition) is 4. The Morgan fingerprint density at radius 1 is 0.406 bits per heavy atom. The molecule has 0 aromatic heterocycles. The van der Waals surface area contributed by atoms with Crippen molar-refractivity contribution in [1.29, 1.82) is 0 Å². The fourth-order valence-electron chi connectivity index (χ4n) is 6.74. The van der Waals surface area contributed by atoms with Crippen molar-refractivity contribution in [1.82, 2.24) is 0 Å². The van der Waals surface area contributed by atoms with Crippen LogP contribution in [0.5, 0.6) is 0 Å². The van der Waals surface area contributed by atoms with Gasteiger partial charge in [0.05, 0.1) is 0 Å². The van der Waals surface area contributed by atoms with E-state index in [9.17, 15) is 20.4 Å². The first-order valence-corrected chi connectivity index (χ1v) is 16.9. The van der Waals surface area contributed by atoms with Crippen molar-refractivity contribution >= 4 is 16.6 Å². The van der Waals surface area contributed by atoms with Crippen LogP contribution in [0, 0.1) is 0 Å². The molecule has 0 saturated heterocycles. The van der Waals surface area contributed by atoms with Gasteiger partial charge in [0.25, 0.3) is 0 Å². The standard InChI is InChI=1S/C24H52O6Si2/c1-13(2)31(14(3)4,15(5)6)29-23-21(27)19(25)20(26)22(28)24(23)30-32(16(7)8,17(9)10)18(11)12/h13-28H,1-12H3/t19-,20-,21-,22+,23-,24-/m1/s1. The maximum absolute atomic E-state index is 11.1. The highest BCUT2D eigenvalue weighted by molar-refractivity contribution is 6.78. The molecule has 0 aromatic rings. The van der Waals surface area contributed by atoms with E-state index in [2.05, 4.69) is 83.1 Å². The van der Waals surface area contributed by atoms with Gasteiger partial charge in [0.2, 0.25) is 16.6 Å². The Bertz CT molecular complexity index is 487. The number of aliphatic hydroxyl groups is 4. The molecule has 1 rings (SSSR count). The van der Waals surface area contributed by atoms with Gasteiger partial charge < -0.3 is 29.3 Å². The Balaban J connectivity index is 3.63. The first kappa shape index (κ1) is 30.2. The van der Waals surface area contributed by atoms with Gasteiger partial charge in [-0.15, -0.1) is 0 Å². The zero-order chi connectivity index (χ0) is 25.3. The number of hydrogen-bond acceptors (Lipinski definition) is 6. The summed E-state index contributed by atoms with van der Waals surface area (Å²) < 4.78 is 13.8. The van der Waals surface area contributed by atoms with Crippen LogP contribution in [0.25, 0.3) is 0 Å². The van der Waals surface area contributed by atoms with Crippen molar-refractivity contribution in [3.63, 3.8) is 0 Å². The molecular weight excluding hydrogens is 440 g/mol. The molecule has 0 spiro atoms. The van der Waals surface area contributed by atoms with Gasteiger partial charge in [0.15, 0.2) is 0 Å². The van der Waals surface area contributed by atoms with Gasteiger partial charge in [-0.3, -0.25) is 0 Å². The van der Waals surface area contributed by atoms with E-state index in [4.69, 9.17) is 8.85 Å². The van der Waals surface area contributed by atoms with Crippen LogP contribution in [-0.2, 0) is 8.85 Å². The molecule has 0 unspecified atom stereocenters. The molecule has 0 radical (unpaired) electrons. The van der Waals surface area contributed by atoms with Gasteiger partial charge in [-0.2, -0.15) is 0 Å². The van der Waals surface area contributed by atoms with E-state index in [1.54, 1.807) is 0 Å². The summed E-state index contributed by atoms with van der Waals surface area (Å²) in [4.78, 5) is 0. The van der Waals surface area contributed by atoms with Crippen molar-refractivity contribution in [2.45, 2.75) is 153 Å². The molecule has 1 aliphatic rings. The highest BCUT2D eigenvalue weighted by atomic mass is 28.4. The van der Waals surface area contributed by atoms with Crippen molar-refractivity contribution in [3.8, 4) is 0 Å². The second kappa shape index (κ2) is 11.3. The maximum Gasteiger partial charge on any atom is 0.201 e. The number of aliphatic hydroxyl groups excluding tert-OH is 4. The normalized spacial score (nSPS) is 30.6. The predicted octanol–water partition coefficient (Wildman–Crippen LogP) is 4.57. The Labute approximate surface area is 199 Å². The van der Waals surface area contributed by atoms with Crippen LogP contribution < -0.4 is 0 Å². The van der Waals surface area contributed by atoms with Crippen molar-refractivity contribution < 1.29 is 29.3 Å². The first-order valence-electron chi connectivity index (χ1n) is 12.6. The van der Waals surface area contributed by atoms with Crippen LogP contribution in [0.4, 0.5) is 0 Å². The first-order chi connectivity index (χ1) is 14.5. The largest absolute Gasteiger partial charge is 0.408 e. The fourth-order valence-corrected chi connectivity index (χ4v) is 17.9. The molecule has 0 aliphatic heterocycles. The quantitative estimate of drug-likeness (QED) is 0.334. The van der Waals surface area contributed by atoms with E-state index in [0.29, 0.717) is 0 Å². The highest BCUT2D eigenvalue weighted by Gasteiger charge is 2.58. The lowest BCUT2D eigenvalue weighted by atomic mass is 9.85. The SMILES string of the molecule is CC(C)[Si](O[C@@H]1[C@H](O)[C@H](O)[C@@H](O)[C@H](O)[C@H]1O[Si](C(C)C)(C(C)C)C(C)C)(C(C)C)C(C)C. The van der Waals surface area contributed by atoms with Crippen LogP contribution in [0.2, 0.25) is 33.2 Å². The molecule has 1 fully saturated rings. The van der Waals surface area contributed by atoms with Crippen LogP contribution in [0.1, 0.15) is 83.1 Å². The Morgan fingerprint density at radius 2 is 0.594 bits per heavy atom. The van der Waals surface area contributed by atoms with Gasteiger partial charge in [-0.25, -0.2) is 0 Å². The van der Waals surface area contributed by atoms with Gasteiger partial charge in [0, 0.05) is 0 Å². The number of rotatable bonds is 10. The van der Waals surface area contributed by atoms with Gasteiger partial charge in [-0.1, -0.05) is 83.1 Å². The summed E-state index contributed by atoms with van der Waals surface area (Å²) in [6.07, 6.45) is -7.43. The van der Waals surface area contributed by atoms with E-state index < -0.39 is 53.3 Å². The average molecular weight is 493 g/mol. The molecule has 0 aromatic carbocycles. The third-order valence-electron chi connectivity index (χ3n) is 8.14. The molecule has 4 N–H and O–H groups in total. The molecular formula is C24H52O6Si2. The highest BCUT2D eigenvalue weighted by Crippen LogP contribution is 2.48. The van der Waals surface area contributed by atoms with Crippen LogP contribution in [-0.4, -0.2) is 73.7 Å². The van der Waals surface area contributed by atoms with E-state index in [1.807, 2.05) is 0 Å². The molecule has 192 valence electrons. The Kier molecular flexibility index (Phi) is 10.7. The monoisotopic (exact) mass is 492 g/mol. The predicted molar refractivity (Wildman–Crippen MR) is 136 cm³/mol. The van der Waals surface area contributed by atoms with E-state index in [-0.39, 0.29) is 33.2 Å². The molecule has 1 saturated carbocycles. The summed E-state index contributed by atoms with van der Waals surface area (Å²) >= 11 is 0.